The molecule has 1 rings (SSSR count). The first-order valence-corrected chi connectivity index (χ1v) is 5.33. The van der Waals surface area contributed by atoms with Crippen molar-refractivity contribution in [2.45, 2.75) is 32.1 Å². The van der Waals surface area contributed by atoms with Gasteiger partial charge in [-0.05, 0) is 12.3 Å². The molecule has 0 aromatic carbocycles. The smallest absolute Gasteiger partial charge is 0.233 e. The van der Waals surface area contributed by atoms with Crippen molar-refractivity contribution in [1.82, 2.24) is 5.06 Å². The van der Waals surface area contributed by atoms with Crippen LogP contribution < -0.4 is 5.73 Å². The zero-order valence-electron chi connectivity index (χ0n) is 8.76. The lowest BCUT2D eigenvalue weighted by Gasteiger charge is -2.19. The molecule has 0 saturated heterocycles. The number of primary amides is 1. The summed E-state index contributed by atoms with van der Waals surface area (Å²) in [5.41, 5.74) is 5.23. The van der Waals surface area contributed by atoms with Gasteiger partial charge in [-0.1, -0.05) is 25.7 Å². The maximum atomic E-state index is 11.1. The molecule has 0 radical (unpaired) electrons. The molecule has 0 bridgehead atoms. The Kier molecular flexibility index (Phi) is 4.55. The zero-order chi connectivity index (χ0) is 11.3. The van der Waals surface area contributed by atoms with Crippen LogP contribution >= 0.6 is 0 Å². The van der Waals surface area contributed by atoms with Crippen LogP contribution in [0, 0.1) is 11.8 Å². The minimum atomic E-state index is -0.442. The molecular weight excluding hydrogens is 196 g/mol. The van der Waals surface area contributed by atoms with Crippen molar-refractivity contribution in [2.24, 2.45) is 17.6 Å². The van der Waals surface area contributed by atoms with E-state index in [0.717, 1.165) is 12.8 Å². The number of nitrogens with zero attached hydrogens (tertiary/aromatic N) is 1. The molecule has 15 heavy (non-hydrogen) atoms. The first kappa shape index (κ1) is 12.0. The third-order valence-corrected chi connectivity index (χ3v) is 3.02. The molecule has 1 aliphatic rings. The molecule has 1 saturated carbocycles. The molecule has 86 valence electrons. The molecule has 1 atom stereocenters. The monoisotopic (exact) mass is 214 g/mol. The third-order valence-electron chi connectivity index (χ3n) is 3.02. The summed E-state index contributed by atoms with van der Waals surface area (Å²) >= 11 is 0. The second-order valence-electron chi connectivity index (χ2n) is 4.21. The van der Waals surface area contributed by atoms with Gasteiger partial charge in [0, 0.05) is 0 Å². The molecule has 1 aliphatic carbocycles. The Labute approximate surface area is 89.2 Å². The number of hydrogen-bond donors (Lipinski definition) is 2. The number of carbonyl (C=O) groups is 2. The normalized spacial score (nSPS) is 18.7. The average Bonchev–Trinajstić information content (AvgIpc) is 2.69. The summed E-state index contributed by atoms with van der Waals surface area (Å²) in [4.78, 5) is 21.3. The van der Waals surface area contributed by atoms with Gasteiger partial charge in [-0.15, -0.1) is 0 Å². The number of rotatable bonds is 6. The van der Waals surface area contributed by atoms with E-state index in [4.69, 9.17) is 10.9 Å². The van der Waals surface area contributed by atoms with E-state index in [1.54, 1.807) is 0 Å². The average molecular weight is 214 g/mol. The van der Waals surface area contributed by atoms with E-state index in [9.17, 15) is 9.59 Å². The van der Waals surface area contributed by atoms with E-state index in [2.05, 4.69) is 0 Å². The zero-order valence-corrected chi connectivity index (χ0v) is 8.76. The van der Waals surface area contributed by atoms with Crippen LogP contribution in [0.25, 0.3) is 0 Å². The number of amides is 2. The largest absolute Gasteiger partial charge is 0.369 e. The predicted octanol–water partition coefficient (Wildman–Crippen LogP) is 0.516. The van der Waals surface area contributed by atoms with E-state index < -0.39 is 11.8 Å². The van der Waals surface area contributed by atoms with Crippen molar-refractivity contribution in [3.8, 4) is 0 Å². The maximum Gasteiger partial charge on any atom is 0.233 e. The Balaban J connectivity index is 2.42. The Morgan fingerprint density at radius 1 is 1.53 bits per heavy atom. The Morgan fingerprint density at radius 2 is 2.13 bits per heavy atom. The quantitative estimate of drug-likeness (QED) is 0.384. The lowest BCUT2D eigenvalue weighted by atomic mass is 9.92. The van der Waals surface area contributed by atoms with Gasteiger partial charge in [-0.25, -0.2) is 5.06 Å². The van der Waals surface area contributed by atoms with Gasteiger partial charge < -0.3 is 5.73 Å². The summed E-state index contributed by atoms with van der Waals surface area (Å²) in [6.07, 6.45) is 5.62. The fraction of sp³-hybridized carbons (Fsp3) is 0.800. The molecule has 0 spiro atoms. The van der Waals surface area contributed by atoms with Crippen LogP contribution in [0.3, 0.4) is 0 Å². The molecule has 3 N–H and O–H groups in total. The fourth-order valence-electron chi connectivity index (χ4n) is 2.20. The van der Waals surface area contributed by atoms with E-state index in [-0.39, 0.29) is 6.54 Å². The van der Waals surface area contributed by atoms with Crippen molar-refractivity contribution >= 4 is 12.3 Å². The topological polar surface area (TPSA) is 83.6 Å². The van der Waals surface area contributed by atoms with Gasteiger partial charge in [-0.2, -0.15) is 0 Å². The van der Waals surface area contributed by atoms with E-state index >= 15 is 0 Å². The van der Waals surface area contributed by atoms with Crippen molar-refractivity contribution < 1.29 is 14.8 Å². The third kappa shape index (κ3) is 3.87. The Hall–Kier alpha value is -1.10. The van der Waals surface area contributed by atoms with Crippen LogP contribution in [0.4, 0.5) is 0 Å². The van der Waals surface area contributed by atoms with Gasteiger partial charge in [0.15, 0.2) is 0 Å². The number of hydrogen-bond acceptors (Lipinski definition) is 3. The van der Waals surface area contributed by atoms with Crippen LogP contribution in [0.2, 0.25) is 0 Å². The van der Waals surface area contributed by atoms with Crippen molar-refractivity contribution in [3.05, 3.63) is 0 Å². The second kappa shape index (κ2) is 5.70. The Morgan fingerprint density at radius 3 is 2.60 bits per heavy atom. The molecule has 0 aliphatic heterocycles. The SMILES string of the molecule is NC(=O)C(CC1CCCC1)CN(O)C=O. The lowest BCUT2D eigenvalue weighted by Crippen LogP contribution is -2.35. The van der Waals surface area contributed by atoms with E-state index in [0.29, 0.717) is 23.8 Å². The molecule has 0 aromatic heterocycles. The van der Waals surface area contributed by atoms with Gasteiger partial charge >= 0.3 is 0 Å². The molecule has 2 amide bonds. The Bertz CT molecular complexity index is 227. The minimum Gasteiger partial charge on any atom is -0.369 e. The summed E-state index contributed by atoms with van der Waals surface area (Å²) in [6.45, 7) is 0.00926. The predicted molar refractivity (Wildman–Crippen MR) is 53.8 cm³/mol. The van der Waals surface area contributed by atoms with Crippen LogP contribution in [0.5, 0.6) is 0 Å². The molecule has 5 heteroatoms. The van der Waals surface area contributed by atoms with Crippen molar-refractivity contribution in [3.63, 3.8) is 0 Å². The van der Waals surface area contributed by atoms with Gasteiger partial charge in [-0.3, -0.25) is 14.8 Å². The van der Waals surface area contributed by atoms with Gasteiger partial charge in [0.2, 0.25) is 12.3 Å². The van der Waals surface area contributed by atoms with Gasteiger partial charge in [0.1, 0.15) is 0 Å². The molecule has 1 unspecified atom stereocenters. The summed E-state index contributed by atoms with van der Waals surface area (Å²) in [7, 11) is 0. The molecule has 1 fully saturated rings. The summed E-state index contributed by atoms with van der Waals surface area (Å²) in [6, 6.07) is 0. The highest BCUT2D eigenvalue weighted by atomic mass is 16.5. The van der Waals surface area contributed by atoms with Crippen LogP contribution in [-0.2, 0) is 9.59 Å². The summed E-state index contributed by atoms with van der Waals surface area (Å²) in [5.74, 6) is -0.353. The number of hydroxylamine groups is 2. The van der Waals surface area contributed by atoms with Gasteiger partial charge in [0.05, 0.1) is 12.5 Å². The molecule has 5 nitrogen and oxygen atoms in total. The fourth-order valence-corrected chi connectivity index (χ4v) is 2.20. The van der Waals surface area contributed by atoms with Crippen LogP contribution in [0.15, 0.2) is 0 Å². The summed E-state index contributed by atoms with van der Waals surface area (Å²) < 4.78 is 0. The van der Waals surface area contributed by atoms with Crippen LogP contribution in [-0.4, -0.2) is 29.1 Å². The molecule has 0 heterocycles. The highest BCUT2D eigenvalue weighted by Gasteiger charge is 2.24. The molecular formula is C10H18N2O3. The minimum absolute atomic E-state index is 0.00926. The first-order chi connectivity index (χ1) is 7.13. The van der Waals surface area contributed by atoms with Crippen molar-refractivity contribution in [1.29, 1.82) is 0 Å². The number of carbonyl (C=O) groups excluding carboxylic acids is 2. The highest BCUT2D eigenvalue weighted by molar-refractivity contribution is 5.77. The molecule has 0 aromatic rings. The highest BCUT2D eigenvalue weighted by Crippen LogP contribution is 2.30. The van der Waals surface area contributed by atoms with Crippen LogP contribution in [0.1, 0.15) is 32.1 Å². The van der Waals surface area contributed by atoms with E-state index in [1.807, 2.05) is 0 Å². The lowest BCUT2D eigenvalue weighted by molar-refractivity contribution is -0.154. The standard InChI is InChI=1S/C10H18N2O3/c11-10(14)9(6-12(15)7-13)5-8-3-1-2-4-8/h7-9,15H,1-6H2,(H2,11,14). The second-order valence-corrected chi connectivity index (χ2v) is 4.21. The van der Waals surface area contributed by atoms with Gasteiger partial charge in [0.25, 0.3) is 0 Å². The first-order valence-electron chi connectivity index (χ1n) is 5.33. The summed E-state index contributed by atoms with van der Waals surface area (Å²) in [5, 5.41) is 9.50. The number of nitrogens with two attached hydrogens (primary N) is 1. The van der Waals surface area contributed by atoms with E-state index in [1.165, 1.54) is 12.8 Å². The van der Waals surface area contributed by atoms with Crippen molar-refractivity contribution in [2.75, 3.05) is 6.54 Å². The maximum absolute atomic E-state index is 11.1.